The van der Waals surface area contributed by atoms with Crippen LogP contribution in [0.4, 0.5) is 4.79 Å². The molecule has 0 aliphatic carbocycles. The quantitative estimate of drug-likeness (QED) is 0.559. The van der Waals surface area contributed by atoms with Gasteiger partial charge in [-0.25, -0.2) is 9.59 Å². The Morgan fingerprint density at radius 3 is 3.00 bits per heavy atom. The molecule has 5 nitrogen and oxygen atoms in total. The first-order chi connectivity index (χ1) is 8.17. The van der Waals surface area contributed by atoms with Gasteiger partial charge in [0.05, 0.1) is 7.11 Å². The molecule has 17 heavy (non-hydrogen) atoms. The number of cyclic esters (lactones) is 1. The molecule has 2 saturated heterocycles. The normalized spacial score (nSPS) is 32.0. The van der Waals surface area contributed by atoms with Crippen LogP contribution in [0.5, 0.6) is 0 Å². The lowest BCUT2D eigenvalue weighted by atomic mass is 10.1. The van der Waals surface area contributed by atoms with Crippen molar-refractivity contribution in [3.63, 3.8) is 0 Å². The van der Waals surface area contributed by atoms with Crippen molar-refractivity contribution in [3.05, 3.63) is 0 Å². The predicted molar refractivity (Wildman–Crippen MR) is 62.0 cm³/mol. The van der Waals surface area contributed by atoms with Gasteiger partial charge in [0.1, 0.15) is 12.1 Å². The minimum Gasteiger partial charge on any atom is -0.467 e. The monoisotopic (exact) mass is 255 g/mol. The zero-order valence-electron chi connectivity index (χ0n) is 10.1. The van der Waals surface area contributed by atoms with Gasteiger partial charge in [-0.2, -0.15) is 0 Å². The zero-order valence-corrected chi connectivity index (χ0v) is 11.1. The average molecular weight is 255 g/mol. The maximum Gasteiger partial charge on any atom is 0.411 e. The van der Waals surface area contributed by atoms with Gasteiger partial charge in [-0.05, 0) is 18.9 Å². The number of nitrogens with zero attached hydrogens (tertiary/aromatic N) is 1. The fourth-order valence-corrected chi connectivity index (χ4v) is 3.37. The molecule has 3 atom stereocenters. The summed E-state index contributed by atoms with van der Waals surface area (Å²) >= 11 is 0. The summed E-state index contributed by atoms with van der Waals surface area (Å²) in [6.07, 6.45) is 2.09. The Labute approximate surface area is 103 Å². The number of carbonyl (C=O) groups is 2. The number of hydrogen-bond donors (Lipinski definition) is 0. The van der Waals surface area contributed by atoms with Crippen LogP contribution in [0.15, 0.2) is 0 Å². The predicted octanol–water partition coefficient (Wildman–Crippen LogP) is 1.07. The van der Waals surface area contributed by atoms with E-state index >= 15 is 0 Å². The summed E-state index contributed by atoms with van der Waals surface area (Å²) in [5, 5.41) is 0. The van der Waals surface area contributed by atoms with E-state index in [4.69, 9.17) is 9.47 Å². The van der Waals surface area contributed by atoms with Crippen LogP contribution in [-0.4, -0.2) is 51.8 Å². The largest absolute Gasteiger partial charge is 0.467 e. The zero-order chi connectivity index (χ0) is 12.4. The SMILES string of the molecule is COC(=O)[C@@H]1CCC2CC(C[Si]C)OC(=O)N21. The lowest BCUT2D eigenvalue weighted by Crippen LogP contribution is -2.51. The fraction of sp³-hybridized carbons (Fsp3) is 0.818. The molecular weight excluding hydrogens is 238 g/mol. The Morgan fingerprint density at radius 1 is 1.59 bits per heavy atom. The molecule has 2 heterocycles. The molecule has 2 rings (SSSR count). The smallest absolute Gasteiger partial charge is 0.411 e. The summed E-state index contributed by atoms with van der Waals surface area (Å²) in [6, 6.07) is 0.642. The van der Waals surface area contributed by atoms with Crippen LogP contribution in [0.3, 0.4) is 0 Å². The maximum absolute atomic E-state index is 11.9. The van der Waals surface area contributed by atoms with Gasteiger partial charge in [0.2, 0.25) is 0 Å². The van der Waals surface area contributed by atoms with Crippen LogP contribution >= 0.6 is 0 Å². The van der Waals surface area contributed by atoms with Crippen LogP contribution in [-0.2, 0) is 14.3 Å². The molecule has 2 aliphatic heterocycles. The molecule has 0 spiro atoms. The van der Waals surface area contributed by atoms with Crippen LogP contribution < -0.4 is 0 Å². The van der Waals surface area contributed by atoms with Crippen molar-refractivity contribution in [3.8, 4) is 0 Å². The highest BCUT2D eigenvalue weighted by atomic mass is 28.2. The first-order valence-corrected chi connectivity index (χ1v) is 7.59. The summed E-state index contributed by atoms with van der Waals surface area (Å²) in [4.78, 5) is 25.0. The van der Waals surface area contributed by atoms with Crippen molar-refractivity contribution < 1.29 is 19.1 Å². The van der Waals surface area contributed by atoms with Crippen molar-refractivity contribution in [1.82, 2.24) is 4.90 Å². The van der Waals surface area contributed by atoms with E-state index < -0.39 is 6.04 Å². The van der Waals surface area contributed by atoms with Gasteiger partial charge < -0.3 is 9.47 Å². The molecule has 1 amide bonds. The number of rotatable bonds is 3. The summed E-state index contributed by atoms with van der Waals surface area (Å²) in [7, 11) is 2.14. The Balaban J connectivity index is 2.05. The molecule has 0 aromatic carbocycles. The van der Waals surface area contributed by atoms with Gasteiger partial charge >= 0.3 is 12.1 Å². The standard InChI is InChI=1S/C11H17NO4Si/c1-15-10(13)9-4-3-7-5-8(6-17-2)16-11(14)12(7)9/h7-9H,3-6H2,1-2H3/t7?,8?,9-/m0/s1. The summed E-state index contributed by atoms with van der Waals surface area (Å²) in [5.41, 5.74) is 0. The molecule has 2 radical (unpaired) electrons. The number of carbonyl (C=O) groups excluding carboxylic acids is 2. The van der Waals surface area contributed by atoms with Crippen molar-refractivity contribution in [2.75, 3.05) is 7.11 Å². The number of amides is 1. The van der Waals surface area contributed by atoms with E-state index in [1.807, 2.05) is 0 Å². The lowest BCUT2D eigenvalue weighted by Gasteiger charge is -2.36. The number of esters is 1. The van der Waals surface area contributed by atoms with E-state index in [2.05, 4.69) is 6.55 Å². The van der Waals surface area contributed by atoms with Crippen molar-refractivity contribution in [1.29, 1.82) is 0 Å². The Morgan fingerprint density at radius 2 is 2.35 bits per heavy atom. The molecule has 0 aromatic heterocycles. The summed E-state index contributed by atoms with van der Waals surface area (Å²) < 4.78 is 10.1. The van der Waals surface area contributed by atoms with Gasteiger partial charge in [0.15, 0.2) is 0 Å². The van der Waals surface area contributed by atoms with Crippen molar-refractivity contribution in [2.24, 2.45) is 0 Å². The third-order valence-electron chi connectivity index (χ3n) is 3.42. The highest BCUT2D eigenvalue weighted by molar-refractivity contribution is 6.33. The lowest BCUT2D eigenvalue weighted by molar-refractivity contribution is -0.146. The van der Waals surface area contributed by atoms with Gasteiger partial charge in [0.25, 0.3) is 0 Å². The first kappa shape index (κ1) is 12.4. The molecule has 94 valence electrons. The second-order valence-electron chi connectivity index (χ2n) is 4.48. The Hall–Kier alpha value is -1.04. The van der Waals surface area contributed by atoms with Crippen LogP contribution in [0.25, 0.3) is 0 Å². The van der Waals surface area contributed by atoms with Gasteiger partial charge in [-0.3, -0.25) is 4.90 Å². The minimum atomic E-state index is -0.442. The molecule has 0 saturated carbocycles. The van der Waals surface area contributed by atoms with E-state index in [1.165, 1.54) is 7.11 Å². The van der Waals surface area contributed by atoms with Crippen LogP contribution in [0.1, 0.15) is 19.3 Å². The summed E-state index contributed by atoms with van der Waals surface area (Å²) in [6.45, 7) is 2.10. The van der Waals surface area contributed by atoms with E-state index in [0.717, 1.165) is 28.4 Å². The number of methoxy groups -OCH3 is 1. The fourth-order valence-electron chi connectivity index (χ4n) is 2.67. The molecule has 2 unspecified atom stereocenters. The second-order valence-corrected chi connectivity index (χ2v) is 5.59. The number of hydrogen-bond acceptors (Lipinski definition) is 4. The third-order valence-corrected chi connectivity index (χ3v) is 4.28. The van der Waals surface area contributed by atoms with E-state index in [0.29, 0.717) is 6.42 Å². The number of fused-ring (bicyclic) bond motifs is 1. The average Bonchev–Trinajstić information content (AvgIpc) is 2.72. The molecule has 2 fully saturated rings. The Bertz CT molecular complexity index is 323. The van der Waals surface area contributed by atoms with Crippen LogP contribution in [0, 0.1) is 0 Å². The third kappa shape index (κ3) is 2.31. The van der Waals surface area contributed by atoms with E-state index in [1.54, 1.807) is 4.90 Å². The van der Waals surface area contributed by atoms with E-state index in [9.17, 15) is 9.59 Å². The summed E-state index contributed by atoms with van der Waals surface area (Å²) in [5.74, 6) is -0.333. The molecule has 6 heteroatoms. The van der Waals surface area contributed by atoms with E-state index in [-0.39, 0.29) is 24.2 Å². The molecule has 0 N–H and O–H groups in total. The van der Waals surface area contributed by atoms with Crippen LogP contribution in [0.2, 0.25) is 12.6 Å². The second kappa shape index (κ2) is 5.08. The highest BCUT2D eigenvalue weighted by Crippen LogP contribution is 2.33. The highest BCUT2D eigenvalue weighted by Gasteiger charge is 2.46. The topological polar surface area (TPSA) is 55.8 Å². The first-order valence-electron chi connectivity index (χ1n) is 5.88. The van der Waals surface area contributed by atoms with Crippen molar-refractivity contribution >= 4 is 21.6 Å². The molecular formula is C11H17NO4Si. The Kier molecular flexibility index (Phi) is 3.71. The molecule has 0 aromatic rings. The molecule has 2 aliphatic rings. The van der Waals surface area contributed by atoms with Gasteiger partial charge in [-0.15, -0.1) is 0 Å². The van der Waals surface area contributed by atoms with Crippen molar-refractivity contribution in [2.45, 2.75) is 50.0 Å². The van der Waals surface area contributed by atoms with Gasteiger partial charge in [0, 0.05) is 22.0 Å². The molecule has 0 bridgehead atoms. The maximum atomic E-state index is 11.9. The minimum absolute atomic E-state index is 0.0310. The van der Waals surface area contributed by atoms with Gasteiger partial charge in [-0.1, -0.05) is 6.55 Å². The number of ether oxygens (including phenoxy) is 2.